The molecule has 0 radical (unpaired) electrons. The molecule has 1 amide bonds. The van der Waals surface area contributed by atoms with Crippen molar-refractivity contribution in [3.8, 4) is 11.8 Å². The van der Waals surface area contributed by atoms with Gasteiger partial charge in [-0.2, -0.15) is 5.26 Å². The van der Waals surface area contributed by atoms with E-state index in [1.165, 1.54) is 13.3 Å². The Morgan fingerprint density at radius 2 is 1.85 bits per heavy atom. The summed E-state index contributed by atoms with van der Waals surface area (Å²) >= 11 is 6.03. The molecular formula is C19H19ClN4O2. The second-order valence-corrected chi connectivity index (χ2v) is 5.97. The quantitative estimate of drug-likeness (QED) is 0.596. The van der Waals surface area contributed by atoms with Crippen molar-refractivity contribution in [3.63, 3.8) is 0 Å². The van der Waals surface area contributed by atoms with E-state index >= 15 is 0 Å². The molecule has 0 aromatic heterocycles. The smallest absolute Gasteiger partial charge is 0.267 e. The van der Waals surface area contributed by atoms with Crippen molar-refractivity contribution >= 4 is 34.6 Å². The molecular weight excluding hydrogens is 352 g/mol. The molecule has 0 heterocycles. The molecule has 26 heavy (non-hydrogen) atoms. The molecule has 0 aliphatic carbocycles. The lowest BCUT2D eigenvalue weighted by Crippen LogP contribution is -2.14. The fourth-order valence-corrected chi connectivity index (χ4v) is 2.36. The highest BCUT2D eigenvalue weighted by atomic mass is 35.5. The summed E-state index contributed by atoms with van der Waals surface area (Å²) in [5.41, 5.74) is 2.23. The van der Waals surface area contributed by atoms with Gasteiger partial charge in [-0.05, 0) is 42.5 Å². The van der Waals surface area contributed by atoms with E-state index in [0.29, 0.717) is 16.5 Å². The second kappa shape index (κ2) is 8.79. The number of carbonyl (C=O) groups is 1. The third-order valence-corrected chi connectivity index (χ3v) is 3.84. The minimum absolute atomic E-state index is 0.0615. The zero-order valence-corrected chi connectivity index (χ0v) is 15.5. The van der Waals surface area contributed by atoms with Gasteiger partial charge in [0.25, 0.3) is 5.91 Å². The lowest BCUT2D eigenvalue weighted by atomic mass is 10.2. The number of carbonyl (C=O) groups excluding carboxylic acids is 1. The van der Waals surface area contributed by atoms with Gasteiger partial charge in [-0.25, -0.2) is 0 Å². The molecule has 0 spiro atoms. The normalized spacial score (nSPS) is 10.7. The topological polar surface area (TPSA) is 77.4 Å². The van der Waals surface area contributed by atoms with Gasteiger partial charge in [-0.1, -0.05) is 11.6 Å². The van der Waals surface area contributed by atoms with Crippen LogP contribution in [0.2, 0.25) is 5.02 Å². The average molecular weight is 371 g/mol. The lowest BCUT2D eigenvalue weighted by Gasteiger charge is -2.12. The van der Waals surface area contributed by atoms with Gasteiger partial charge in [0.2, 0.25) is 0 Å². The summed E-state index contributed by atoms with van der Waals surface area (Å²) in [5.74, 6) is -0.0327. The molecule has 2 aromatic carbocycles. The van der Waals surface area contributed by atoms with Crippen LogP contribution in [-0.2, 0) is 4.79 Å². The number of methoxy groups -OCH3 is 1. The number of nitrogens with one attached hydrogen (secondary N) is 2. The predicted octanol–water partition coefficient (Wildman–Crippen LogP) is 3.87. The highest BCUT2D eigenvalue weighted by Crippen LogP contribution is 2.27. The van der Waals surface area contributed by atoms with Gasteiger partial charge in [0, 0.05) is 37.4 Å². The Labute approximate surface area is 157 Å². The van der Waals surface area contributed by atoms with Crippen LogP contribution in [0.4, 0.5) is 17.1 Å². The number of amides is 1. The maximum Gasteiger partial charge on any atom is 0.267 e. The number of benzene rings is 2. The first kappa shape index (κ1) is 19.2. The van der Waals surface area contributed by atoms with Crippen LogP contribution in [-0.4, -0.2) is 27.1 Å². The Bertz CT molecular complexity index is 855. The number of nitrogens with zero attached hydrogens (tertiary/aromatic N) is 2. The van der Waals surface area contributed by atoms with Crippen molar-refractivity contribution in [1.29, 1.82) is 5.26 Å². The van der Waals surface area contributed by atoms with Crippen LogP contribution in [0.25, 0.3) is 0 Å². The summed E-state index contributed by atoms with van der Waals surface area (Å²) < 4.78 is 5.06. The Morgan fingerprint density at radius 3 is 2.38 bits per heavy atom. The molecule has 0 saturated heterocycles. The lowest BCUT2D eigenvalue weighted by molar-refractivity contribution is -0.112. The van der Waals surface area contributed by atoms with Crippen LogP contribution >= 0.6 is 11.6 Å². The number of ether oxygens (including phenoxy) is 1. The number of anilines is 3. The van der Waals surface area contributed by atoms with Gasteiger partial charge in [-0.3, -0.25) is 4.79 Å². The molecule has 0 bridgehead atoms. The average Bonchev–Trinajstić information content (AvgIpc) is 2.62. The Hall–Kier alpha value is -3.17. The summed E-state index contributed by atoms with van der Waals surface area (Å²) in [6.45, 7) is 0. The molecule has 134 valence electrons. The summed E-state index contributed by atoms with van der Waals surface area (Å²) in [4.78, 5) is 14.2. The first-order valence-electron chi connectivity index (χ1n) is 7.73. The van der Waals surface area contributed by atoms with E-state index in [9.17, 15) is 10.1 Å². The van der Waals surface area contributed by atoms with Crippen LogP contribution in [0.15, 0.2) is 54.2 Å². The summed E-state index contributed by atoms with van der Waals surface area (Å²) in [5, 5.41) is 15.2. The van der Waals surface area contributed by atoms with Gasteiger partial charge in [0.15, 0.2) is 0 Å². The molecule has 0 saturated carbocycles. The standard InChI is InChI=1S/C19H19ClN4O2/c1-24(2)16-7-4-14(5-8-16)22-12-13(11-21)19(25)23-15-6-9-18(26-3)17(20)10-15/h4-10,12,22H,1-3H3,(H,23,25)/b13-12-. The van der Waals surface area contributed by atoms with Gasteiger partial charge < -0.3 is 20.3 Å². The summed E-state index contributed by atoms with van der Waals surface area (Å²) in [6, 6.07) is 14.3. The van der Waals surface area contributed by atoms with E-state index in [-0.39, 0.29) is 5.57 Å². The monoisotopic (exact) mass is 370 g/mol. The molecule has 0 aliphatic heterocycles. The van der Waals surface area contributed by atoms with Gasteiger partial charge in [-0.15, -0.1) is 0 Å². The molecule has 7 heteroatoms. The zero-order chi connectivity index (χ0) is 19.1. The fourth-order valence-electron chi connectivity index (χ4n) is 2.10. The number of hydrogen-bond acceptors (Lipinski definition) is 5. The molecule has 0 aliphatic rings. The number of hydrogen-bond donors (Lipinski definition) is 2. The van der Waals surface area contributed by atoms with Crippen molar-refractivity contribution in [3.05, 3.63) is 59.3 Å². The molecule has 2 N–H and O–H groups in total. The van der Waals surface area contributed by atoms with Crippen LogP contribution in [0.1, 0.15) is 0 Å². The maximum absolute atomic E-state index is 12.3. The molecule has 0 unspecified atom stereocenters. The van der Waals surface area contributed by atoms with E-state index in [4.69, 9.17) is 16.3 Å². The number of nitriles is 1. The van der Waals surface area contributed by atoms with Gasteiger partial charge in [0.05, 0.1) is 12.1 Å². The van der Waals surface area contributed by atoms with E-state index in [1.54, 1.807) is 18.2 Å². The predicted molar refractivity (Wildman–Crippen MR) is 105 cm³/mol. The molecule has 0 atom stereocenters. The third-order valence-electron chi connectivity index (χ3n) is 3.54. The minimum Gasteiger partial charge on any atom is -0.495 e. The Balaban J connectivity index is 2.07. The minimum atomic E-state index is -0.536. The first-order valence-corrected chi connectivity index (χ1v) is 8.11. The number of halogens is 1. The van der Waals surface area contributed by atoms with Crippen molar-refractivity contribution in [2.45, 2.75) is 0 Å². The van der Waals surface area contributed by atoms with Crippen LogP contribution in [0.3, 0.4) is 0 Å². The van der Waals surface area contributed by atoms with Gasteiger partial charge in [0.1, 0.15) is 17.4 Å². The number of rotatable bonds is 6. The summed E-state index contributed by atoms with van der Waals surface area (Å²) in [6.07, 6.45) is 1.37. The Morgan fingerprint density at radius 1 is 1.19 bits per heavy atom. The highest BCUT2D eigenvalue weighted by molar-refractivity contribution is 6.32. The van der Waals surface area contributed by atoms with E-state index in [2.05, 4.69) is 10.6 Å². The van der Waals surface area contributed by atoms with Crippen molar-refractivity contribution in [1.82, 2.24) is 0 Å². The zero-order valence-electron chi connectivity index (χ0n) is 14.7. The van der Waals surface area contributed by atoms with Crippen LogP contribution in [0.5, 0.6) is 5.75 Å². The van der Waals surface area contributed by atoms with E-state index < -0.39 is 5.91 Å². The van der Waals surface area contributed by atoms with Crippen molar-refractivity contribution in [2.24, 2.45) is 0 Å². The molecule has 6 nitrogen and oxygen atoms in total. The molecule has 0 fully saturated rings. The SMILES string of the molecule is COc1ccc(NC(=O)/C(C#N)=C\Nc2ccc(N(C)C)cc2)cc1Cl. The summed E-state index contributed by atoms with van der Waals surface area (Å²) in [7, 11) is 5.41. The van der Waals surface area contributed by atoms with Crippen molar-refractivity contribution in [2.75, 3.05) is 36.7 Å². The molecule has 2 aromatic rings. The van der Waals surface area contributed by atoms with E-state index in [1.807, 2.05) is 49.3 Å². The third kappa shape index (κ3) is 4.91. The van der Waals surface area contributed by atoms with E-state index in [0.717, 1.165) is 11.4 Å². The van der Waals surface area contributed by atoms with Gasteiger partial charge >= 0.3 is 0 Å². The van der Waals surface area contributed by atoms with Crippen LogP contribution < -0.4 is 20.3 Å². The first-order chi connectivity index (χ1) is 12.4. The second-order valence-electron chi connectivity index (χ2n) is 5.56. The van der Waals surface area contributed by atoms with Crippen molar-refractivity contribution < 1.29 is 9.53 Å². The maximum atomic E-state index is 12.3. The molecule has 2 rings (SSSR count). The van der Waals surface area contributed by atoms with Crippen LogP contribution in [0, 0.1) is 11.3 Å². The Kier molecular flexibility index (Phi) is 6.48. The largest absolute Gasteiger partial charge is 0.495 e. The highest BCUT2D eigenvalue weighted by Gasteiger charge is 2.10. The fraction of sp³-hybridized carbons (Fsp3) is 0.158.